The van der Waals surface area contributed by atoms with Crippen LogP contribution in [-0.4, -0.2) is 17.4 Å². The van der Waals surface area contributed by atoms with Gasteiger partial charge in [-0.25, -0.2) is 0 Å². The lowest BCUT2D eigenvalue weighted by Crippen LogP contribution is -2.32. The summed E-state index contributed by atoms with van der Waals surface area (Å²) in [6.45, 7) is 11.0. The molecule has 3 nitrogen and oxygen atoms in total. The molecule has 22 heavy (non-hydrogen) atoms. The first-order valence-corrected chi connectivity index (χ1v) is 7.58. The first-order valence-electron chi connectivity index (χ1n) is 7.58. The van der Waals surface area contributed by atoms with Gasteiger partial charge >= 0.3 is 0 Å². The second-order valence-corrected chi connectivity index (χ2v) is 6.97. The number of amides is 1. The minimum atomic E-state index is -0.0273. The number of aromatic nitrogens is 1. The molecule has 1 heterocycles. The van der Waals surface area contributed by atoms with Gasteiger partial charge in [0.1, 0.15) is 0 Å². The fourth-order valence-corrected chi connectivity index (χ4v) is 2.18. The van der Waals surface area contributed by atoms with Gasteiger partial charge in [-0.05, 0) is 48.6 Å². The van der Waals surface area contributed by atoms with Crippen molar-refractivity contribution in [2.45, 2.75) is 34.6 Å². The number of nitrogens with zero attached hydrogens (tertiary/aromatic N) is 1. The largest absolute Gasteiger partial charge is 0.352 e. The van der Waals surface area contributed by atoms with Gasteiger partial charge in [-0.2, -0.15) is 0 Å². The minimum Gasteiger partial charge on any atom is -0.352 e. The number of rotatable bonds is 3. The van der Waals surface area contributed by atoms with Gasteiger partial charge in [0.05, 0.1) is 0 Å². The van der Waals surface area contributed by atoms with Gasteiger partial charge in [-0.1, -0.05) is 32.9 Å². The summed E-state index contributed by atoms with van der Waals surface area (Å²) < 4.78 is 0. The predicted octanol–water partition coefficient (Wildman–Crippen LogP) is 4.14. The summed E-state index contributed by atoms with van der Waals surface area (Å²) in [4.78, 5) is 16.5. The molecule has 3 heteroatoms. The van der Waals surface area contributed by atoms with Gasteiger partial charge in [0.25, 0.3) is 5.91 Å². The van der Waals surface area contributed by atoms with E-state index in [1.54, 1.807) is 0 Å². The fraction of sp³-hybridized carbons (Fsp3) is 0.368. The molecule has 2 rings (SSSR count). The number of nitrogens with one attached hydrogen (secondary N) is 1. The Balaban J connectivity index is 2.17. The molecular formula is C19H24N2O. The van der Waals surface area contributed by atoms with E-state index in [0.717, 1.165) is 22.4 Å². The first-order chi connectivity index (χ1) is 10.3. The van der Waals surface area contributed by atoms with Crippen molar-refractivity contribution in [3.63, 3.8) is 0 Å². The Morgan fingerprint density at radius 2 is 1.77 bits per heavy atom. The van der Waals surface area contributed by atoms with E-state index >= 15 is 0 Å². The number of benzene rings is 1. The lowest BCUT2D eigenvalue weighted by molar-refractivity contribution is 0.0939. The zero-order chi connectivity index (χ0) is 16.3. The Bertz CT molecular complexity index is 667. The van der Waals surface area contributed by atoms with E-state index < -0.39 is 0 Å². The summed E-state index contributed by atoms with van der Waals surface area (Å²) in [6, 6.07) is 9.83. The highest BCUT2D eigenvalue weighted by atomic mass is 16.1. The Labute approximate surface area is 132 Å². The molecule has 1 aromatic heterocycles. The monoisotopic (exact) mass is 296 g/mol. The Morgan fingerprint density at radius 3 is 2.36 bits per heavy atom. The van der Waals surface area contributed by atoms with Crippen molar-refractivity contribution in [1.29, 1.82) is 0 Å². The Kier molecular flexibility index (Phi) is 4.65. The molecule has 2 aromatic rings. The molecular weight excluding hydrogens is 272 g/mol. The van der Waals surface area contributed by atoms with Gasteiger partial charge in [-0.3, -0.25) is 9.78 Å². The molecule has 0 atom stereocenters. The number of hydrogen-bond acceptors (Lipinski definition) is 2. The van der Waals surface area contributed by atoms with Gasteiger partial charge in [0, 0.05) is 29.6 Å². The predicted molar refractivity (Wildman–Crippen MR) is 90.9 cm³/mol. The van der Waals surface area contributed by atoms with Crippen molar-refractivity contribution in [2.75, 3.05) is 6.54 Å². The summed E-state index contributed by atoms with van der Waals surface area (Å²) in [6.07, 6.45) is 1.87. The zero-order valence-corrected chi connectivity index (χ0v) is 14.0. The van der Waals surface area contributed by atoms with Crippen molar-refractivity contribution in [2.24, 2.45) is 5.41 Å². The van der Waals surface area contributed by atoms with Gasteiger partial charge in [-0.15, -0.1) is 0 Å². The van der Waals surface area contributed by atoms with Crippen LogP contribution < -0.4 is 5.32 Å². The molecule has 0 bridgehead atoms. The highest BCUT2D eigenvalue weighted by Crippen LogP contribution is 2.23. The van der Waals surface area contributed by atoms with Crippen LogP contribution in [0.5, 0.6) is 0 Å². The third kappa shape index (κ3) is 4.17. The van der Waals surface area contributed by atoms with Crippen molar-refractivity contribution in [3.05, 3.63) is 53.3 Å². The van der Waals surface area contributed by atoms with Gasteiger partial charge < -0.3 is 5.32 Å². The van der Waals surface area contributed by atoms with Crippen LogP contribution in [0.1, 0.15) is 42.4 Å². The smallest absolute Gasteiger partial charge is 0.251 e. The van der Waals surface area contributed by atoms with E-state index in [4.69, 9.17) is 0 Å². The van der Waals surface area contributed by atoms with Gasteiger partial charge in [0.15, 0.2) is 0 Å². The highest BCUT2D eigenvalue weighted by molar-refractivity contribution is 5.94. The molecule has 0 aliphatic rings. The van der Waals surface area contributed by atoms with Crippen LogP contribution in [0.2, 0.25) is 0 Å². The average Bonchev–Trinajstić information content (AvgIpc) is 2.47. The van der Waals surface area contributed by atoms with E-state index in [-0.39, 0.29) is 11.3 Å². The molecule has 0 aliphatic carbocycles. The number of hydrogen-bond donors (Lipinski definition) is 1. The lowest BCUT2D eigenvalue weighted by Gasteiger charge is -2.18. The molecule has 0 radical (unpaired) electrons. The second-order valence-electron chi connectivity index (χ2n) is 6.97. The van der Waals surface area contributed by atoms with Crippen LogP contribution in [0.3, 0.4) is 0 Å². The summed E-state index contributed by atoms with van der Waals surface area (Å²) in [5, 5.41) is 2.97. The summed E-state index contributed by atoms with van der Waals surface area (Å²) in [7, 11) is 0. The maximum Gasteiger partial charge on any atom is 0.251 e. The van der Waals surface area contributed by atoms with Crippen LogP contribution >= 0.6 is 0 Å². The summed E-state index contributed by atoms with van der Waals surface area (Å²) >= 11 is 0. The molecule has 1 N–H and O–H groups in total. The Morgan fingerprint density at radius 1 is 1.14 bits per heavy atom. The number of pyridine rings is 1. The third-order valence-corrected chi connectivity index (χ3v) is 3.46. The summed E-state index contributed by atoms with van der Waals surface area (Å²) in [5.41, 5.74) is 5.09. The molecule has 0 saturated carbocycles. The number of aryl methyl sites for hydroxylation is 2. The van der Waals surface area contributed by atoms with Crippen molar-refractivity contribution in [3.8, 4) is 11.1 Å². The molecule has 1 amide bonds. The third-order valence-electron chi connectivity index (χ3n) is 3.46. The SMILES string of the molecule is Cc1cnc(C)c(-c2ccc(C(=O)NCC(C)(C)C)cc2)c1. The molecule has 0 unspecified atom stereocenters. The molecule has 116 valence electrons. The van der Waals surface area contributed by atoms with Gasteiger partial charge in [0.2, 0.25) is 0 Å². The topological polar surface area (TPSA) is 42.0 Å². The maximum absolute atomic E-state index is 12.1. The number of carbonyl (C=O) groups excluding carboxylic acids is 1. The average molecular weight is 296 g/mol. The lowest BCUT2D eigenvalue weighted by atomic mass is 9.96. The molecule has 0 aliphatic heterocycles. The summed E-state index contributed by atoms with van der Waals surface area (Å²) in [5.74, 6) is -0.0273. The normalized spacial score (nSPS) is 11.3. The van der Waals surface area contributed by atoms with E-state index in [0.29, 0.717) is 12.1 Å². The molecule has 0 spiro atoms. The quantitative estimate of drug-likeness (QED) is 0.925. The zero-order valence-electron chi connectivity index (χ0n) is 14.0. The minimum absolute atomic E-state index is 0.0273. The van der Waals surface area contributed by atoms with E-state index in [1.807, 2.05) is 44.3 Å². The first kappa shape index (κ1) is 16.2. The van der Waals surface area contributed by atoms with Crippen molar-refractivity contribution >= 4 is 5.91 Å². The van der Waals surface area contributed by atoms with Crippen molar-refractivity contribution < 1.29 is 4.79 Å². The fourth-order valence-electron chi connectivity index (χ4n) is 2.18. The van der Waals surface area contributed by atoms with Crippen LogP contribution in [0.15, 0.2) is 36.5 Å². The van der Waals surface area contributed by atoms with Crippen molar-refractivity contribution in [1.82, 2.24) is 10.3 Å². The van der Waals surface area contributed by atoms with Crippen LogP contribution in [0, 0.1) is 19.3 Å². The second kappa shape index (κ2) is 6.30. The van der Waals surface area contributed by atoms with E-state index in [9.17, 15) is 4.79 Å². The van der Waals surface area contributed by atoms with E-state index in [1.165, 1.54) is 0 Å². The Hall–Kier alpha value is -2.16. The highest BCUT2D eigenvalue weighted by Gasteiger charge is 2.13. The molecule has 0 saturated heterocycles. The maximum atomic E-state index is 12.1. The number of carbonyl (C=O) groups is 1. The van der Waals surface area contributed by atoms with Crippen LogP contribution in [-0.2, 0) is 0 Å². The molecule has 0 fully saturated rings. The van der Waals surface area contributed by atoms with E-state index in [2.05, 4.69) is 37.1 Å². The molecule has 1 aromatic carbocycles. The van der Waals surface area contributed by atoms with Crippen LogP contribution in [0.4, 0.5) is 0 Å². The van der Waals surface area contributed by atoms with Crippen LogP contribution in [0.25, 0.3) is 11.1 Å². The standard InChI is InChI=1S/C19H24N2O/c1-13-10-17(14(2)20-11-13)15-6-8-16(9-7-15)18(22)21-12-19(3,4)5/h6-11H,12H2,1-5H3,(H,21,22).